The molecule has 56 heavy (non-hydrogen) atoms. The van der Waals surface area contributed by atoms with Crippen molar-refractivity contribution in [2.75, 3.05) is 106 Å². The highest BCUT2D eigenvalue weighted by Crippen LogP contribution is 2.38. The average Bonchev–Trinajstić information content (AvgIpc) is 3.22. The number of rotatable bonds is 3. The van der Waals surface area contributed by atoms with Crippen molar-refractivity contribution in [1.29, 1.82) is 0 Å². The third kappa shape index (κ3) is 16.8. The Morgan fingerprint density at radius 2 is 0.768 bits per heavy atom. The van der Waals surface area contributed by atoms with Crippen LogP contribution in [-0.4, -0.2) is 116 Å². The van der Waals surface area contributed by atoms with E-state index in [-0.39, 0.29) is 11.5 Å². The number of halogens is 2. The third-order valence-corrected chi connectivity index (χ3v) is 9.40. The Bertz CT molecular complexity index is 1520. The standard InChI is InChI=1S/C18H26O5.C16H22Br2O5.C8H10O2/c1-3-4-16-6-5-15(2)17-18(16)23-14-12-21-10-8-19-7-9-20-11-13-22-17;17-11-13-1-2-14(12-18)16-15(13)22-9-7-20-5-3-19-4-6-21-8-10-23-16;1-5-3-4-6(2)8(10)7(5)9/h3-6H,7-14H2,1-2H3;1-2H,3-12H2;3-4,9-10H,1-2H3/b4-3+;;. The van der Waals surface area contributed by atoms with E-state index in [1.165, 1.54) is 0 Å². The van der Waals surface area contributed by atoms with Crippen LogP contribution in [0.4, 0.5) is 0 Å². The first kappa shape index (κ1) is 47.3. The number of hydrogen-bond acceptors (Lipinski definition) is 12. The van der Waals surface area contributed by atoms with Gasteiger partial charge in [0.2, 0.25) is 0 Å². The van der Waals surface area contributed by atoms with Gasteiger partial charge in [-0.15, -0.1) is 0 Å². The molecule has 12 nitrogen and oxygen atoms in total. The van der Waals surface area contributed by atoms with Crippen molar-refractivity contribution in [3.05, 3.63) is 75.9 Å². The number of fused-ring (bicyclic) bond motifs is 2. The van der Waals surface area contributed by atoms with Crippen LogP contribution in [0.3, 0.4) is 0 Å². The lowest BCUT2D eigenvalue weighted by molar-refractivity contribution is 0.00705. The molecule has 2 aliphatic rings. The summed E-state index contributed by atoms with van der Waals surface area (Å²) in [5, 5.41) is 19.7. The van der Waals surface area contributed by atoms with Crippen LogP contribution in [0.2, 0.25) is 0 Å². The number of allylic oxidation sites excluding steroid dienone is 1. The second-order valence-electron chi connectivity index (χ2n) is 12.4. The Morgan fingerprint density at radius 3 is 1.12 bits per heavy atom. The minimum atomic E-state index is -0.0139. The van der Waals surface area contributed by atoms with Gasteiger partial charge in [-0.1, -0.05) is 80.4 Å². The van der Waals surface area contributed by atoms with Gasteiger partial charge in [-0.2, -0.15) is 0 Å². The average molecular weight is 915 g/mol. The maximum Gasteiger partial charge on any atom is 0.168 e. The van der Waals surface area contributed by atoms with Gasteiger partial charge in [0.15, 0.2) is 34.5 Å². The van der Waals surface area contributed by atoms with Crippen molar-refractivity contribution < 1.29 is 57.6 Å². The smallest absolute Gasteiger partial charge is 0.168 e. The number of benzene rings is 3. The molecule has 312 valence electrons. The molecule has 3 aromatic carbocycles. The maximum atomic E-state index is 9.14. The number of hydrogen-bond donors (Lipinski definition) is 2. The molecule has 0 unspecified atom stereocenters. The Balaban J connectivity index is 0.000000242. The van der Waals surface area contributed by atoms with E-state index in [9.17, 15) is 0 Å². The van der Waals surface area contributed by atoms with Crippen molar-refractivity contribution in [1.82, 2.24) is 0 Å². The fourth-order valence-electron chi connectivity index (χ4n) is 5.16. The van der Waals surface area contributed by atoms with Crippen LogP contribution in [0, 0.1) is 20.8 Å². The van der Waals surface area contributed by atoms with Crippen LogP contribution in [0.25, 0.3) is 6.08 Å². The highest BCUT2D eigenvalue weighted by Gasteiger charge is 2.17. The minimum Gasteiger partial charge on any atom is -0.504 e. The Kier molecular flexibility index (Phi) is 23.9. The summed E-state index contributed by atoms with van der Waals surface area (Å²) in [7, 11) is 0. The molecule has 0 radical (unpaired) electrons. The van der Waals surface area contributed by atoms with Crippen molar-refractivity contribution in [2.45, 2.75) is 38.4 Å². The summed E-state index contributed by atoms with van der Waals surface area (Å²) >= 11 is 7.01. The second-order valence-corrected chi connectivity index (χ2v) is 13.5. The molecule has 0 atom stereocenters. The quantitative estimate of drug-likeness (QED) is 0.196. The van der Waals surface area contributed by atoms with Gasteiger partial charge in [0.05, 0.1) is 79.3 Å². The summed E-state index contributed by atoms with van der Waals surface area (Å²) in [6, 6.07) is 11.7. The van der Waals surface area contributed by atoms with Crippen molar-refractivity contribution in [3.8, 4) is 34.5 Å². The zero-order valence-corrected chi connectivity index (χ0v) is 36.3. The largest absolute Gasteiger partial charge is 0.504 e. The van der Waals surface area contributed by atoms with E-state index in [1.807, 2.05) is 50.3 Å². The van der Waals surface area contributed by atoms with Crippen LogP contribution in [0.1, 0.15) is 40.3 Å². The van der Waals surface area contributed by atoms with Gasteiger partial charge >= 0.3 is 0 Å². The van der Waals surface area contributed by atoms with Crippen LogP contribution in [0.5, 0.6) is 34.5 Å². The second kappa shape index (κ2) is 28.3. The summed E-state index contributed by atoms with van der Waals surface area (Å²) in [6.45, 7) is 15.9. The van der Waals surface area contributed by atoms with Crippen LogP contribution >= 0.6 is 31.9 Å². The van der Waals surface area contributed by atoms with E-state index in [0.29, 0.717) is 127 Å². The number of phenols is 2. The molecule has 0 bridgehead atoms. The summed E-state index contributed by atoms with van der Waals surface area (Å²) in [6.07, 6.45) is 4.00. The topological polar surface area (TPSA) is 133 Å². The molecule has 0 aromatic heterocycles. The lowest BCUT2D eigenvalue weighted by Crippen LogP contribution is -2.13. The molecule has 2 N–H and O–H groups in total. The third-order valence-electron chi connectivity index (χ3n) is 8.19. The molecule has 0 spiro atoms. The molecule has 3 aromatic rings. The molecule has 2 heterocycles. The van der Waals surface area contributed by atoms with Crippen molar-refractivity contribution >= 4 is 37.9 Å². The van der Waals surface area contributed by atoms with E-state index in [1.54, 1.807) is 26.0 Å². The molecular weight excluding hydrogens is 856 g/mol. The van der Waals surface area contributed by atoms with Crippen LogP contribution in [0.15, 0.2) is 42.5 Å². The first-order valence-electron chi connectivity index (χ1n) is 18.8. The number of ether oxygens (including phenoxy) is 10. The van der Waals surface area contributed by atoms with Gasteiger partial charge in [0.1, 0.15) is 26.4 Å². The molecule has 14 heteroatoms. The van der Waals surface area contributed by atoms with E-state index >= 15 is 0 Å². The fraction of sp³-hybridized carbons (Fsp3) is 0.524. The summed E-state index contributed by atoms with van der Waals surface area (Å²) in [4.78, 5) is 0. The lowest BCUT2D eigenvalue weighted by Gasteiger charge is -2.18. The molecule has 0 fully saturated rings. The zero-order chi connectivity index (χ0) is 40.4. The fourth-order valence-corrected chi connectivity index (χ4v) is 6.05. The van der Waals surface area contributed by atoms with Gasteiger partial charge in [0, 0.05) is 27.4 Å². The van der Waals surface area contributed by atoms with E-state index < -0.39 is 0 Å². The van der Waals surface area contributed by atoms with E-state index in [2.05, 4.69) is 31.9 Å². The first-order valence-corrected chi connectivity index (χ1v) is 21.0. The Morgan fingerprint density at radius 1 is 0.446 bits per heavy atom. The normalized spacial score (nSPS) is 16.7. The number of phenolic OH excluding ortho intramolecular Hbond substituents is 2. The van der Waals surface area contributed by atoms with Gasteiger partial charge in [0.25, 0.3) is 0 Å². The van der Waals surface area contributed by atoms with Gasteiger partial charge in [-0.25, -0.2) is 0 Å². The van der Waals surface area contributed by atoms with Crippen molar-refractivity contribution in [2.24, 2.45) is 0 Å². The summed E-state index contributed by atoms with van der Waals surface area (Å²) in [5.74, 6) is 3.05. The zero-order valence-electron chi connectivity index (χ0n) is 33.1. The Hall–Kier alpha value is -3.08. The molecule has 5 rings (SSSR count). The summed E-state index contributed by atoms with van der Waals surface area (Å²) in [5.41, 5.74) is 5.55. The molecule has 0 saturated carbocycles. The monoisotopic (exact) mass is 912 g/mol. The summed E-state index contributed by atoms with van der Waals surface area (Å²) < 4.78 is 56.6. The highest BCUT2D eigenvalue weighted by atomic mass is 79.9. The predicted octanol–water partition coefficient (Wildman–Crippen LogP) is 7.86. The van der Waals surface area contributed by atoms with Gasteiger partial charge < -0.3 is 57.6 Å². The van der Waals surface area contributed by atoms with E-state index in [0.717, 1.165) is 45.3 Å². The molecule has 0 saturated heterocycles. The van der Waals surface area contributed by atoms with E-state index in [4.69, 9.17) is 57.6 Å². The van der Waals surface area contributed by atoms with Crippen molar-refractivity contribution in [3.63, 3.8) is 0 Å². The highest BCUT2D eigenvalue weighted by molar-refractivity contribution is 9.08. The number of aryl methyl sites for hydroxylation is 3. The Labute approximate surface area is 348 Å². The minimum absolute atomic E-state index is 0.0139. The predicted molar refractivity (Wildman–Crippen MR) is 224 cm³/mol. The number of alkyl halides is 2. The SMILES string of the molecule is BrCc1ccc(CBr)c2c1OCCOCCOCCOCCO2.C/C=C/c1ccc(C)c2c1OCCOCCOCCOCCO2.Cc1ccc(C)c(O)c1O. The van der Waals surface area contributed by atoms with Gasteiger partial charge in [-0.3, -0.25) is 0 Å². The van der Waals surface area contributed by atoms with Crippen LogP contribution in [-0.2, 0) is 39.1 Å². The van der Waals surface area contributed by atoms with Gasteiger partial charge in [-0.05, 0) is 44.4 Å². The first-order chi connectivity index (χ1) is 27.3. The van der Waals surface area contributed by atoms with Crippen LogP contribution < -0.4 is 18.9 Å². The number of aromatic hydroxyl groups is 2. The lowest BCUT2D eigenvalue weighted by atomic mass is 10.1. The molecule has 2 aliphatic heterocycles. The molecular formula is C42H58Br2O12. The molecule has 0 amide bonds. The molecule has 0 aliphatic carbocycles. The maximum absolute atomic E-state index is 9.14.